The van der Waals surface area contributed by atoms with Gasteiger partial charge in [0, 0.05) is 11.9 Å². The molecule has 0 fully saturated rings. The maximum atomic E-state index is 14.1. The van der Waals surface area contributed by atoms with E-state index < -0.39 is 23.9 Å². The molecular weight excluding hydrogens is 499 g/mol. The molecule has 1 amide bonds. The van der Waals surface area contributed by atoms with Gasteiger partial charge in [0.1, 0.15) is 6.04 Å². The zero-order valence-electron chi connectivity index (χ0n) is 19.3. The number of rotatable bonds is 6. The van der Waals surface area contributed by atoms with Gasteiger partial charge in [-0.05, 0) is 34.7 Å². The molecule has 186 valence electrons. The molecule has 0 bridgehead atoms. The van der Waals surface area contributed by atoms with Crippen molar-refractivity contribution in [3.63, 3.8) is 0 Å². The number of ketones is 1. The van der Waals surface area contributed by atoms with E-state index in [9.17, 15) is 22.8 Å². The first-order valence-electron chi connectivity index (χ1n) is 11.3. The summed E-state index contributed by atoms with van der Waals surface area (Å²) in [5.41, 5.74) is 7.17. The van der Waals surface area contributed by atoms with E-state index in [-0.39, 0.29) is 22.8 Å². The second-order valence-electron chi connectivity index (χ2n) is 8.37. The molecule has 0 saturated heterocycles. The molecule has 4 aromatic carbocycles. The summed E-state index contributed by atoms with van der Waals surface area (Å²) in [7, 11) is 0. The fourth-order valence-electron chi connectivity index (χ4n) is 4.27. The van der Waals surface area contributed by atoms with Crippen LogP contribution in [0.15, 0.2) is 91.0 Å². The minimum absolute atomic E-state index is 0.00862. The second kappa shape index (κ2) is 9.76. The van der Waals surface area contributed by atoms with E-state index in [4.69, 9.17) is 5.73 Å². The Labute approximate surface area is 214 Å². The Morgan fingerprint density at radius 2 is 1.57 bits per heavy atom. The quantitative estimate of drug-likeness (QED) is 0.263. The number of hydrogen-bond acceptors (Lipinski definition) is 5. The van der Waals surface area contributed by atoms with Gasteiger partial charge in [-0.3, -0.25) is 14.5 Å². The molecule has 5 rings (SSSR count). The summed E-state index contributed by atoms with van der Waals surface area (Å²) in [5.74, 6) is -2.86. The number of alkyl halides is 3. The third-order valence-corrected chi connectivity index (χ3v) is 7.08. The number of nitrogens with two attached hydrogens (primary N) is 1. The van der Waals surface area contributed by atoms with Crippen LogP contribution in [0.1, 0.15) is 27.0 Å². The number of carbonyl (C=O) groups excluding carboxylic acids is 2. The zero-order valence-corrected chi connectivity index (χ0v) is 20.1. The van der Waals surface area contributed by atoms with Crippen LogP contribution in [0.3, 0.4) is 0 Å². The molecular formula is C28H20F3N3O2S. The van der Waals surface area contributed by atoms with Gasteiger partial charge < -0.3 is 5.73 Å². The van der Waals surface area contributed by atoms with Gasteiger partial charge in [-0.25, -0.2) is 4.98 Å². The molecule has 0 spiro atoms. The zero-order chi connectivity index (χ0) is 26.2. The van der Waals surface area contributed by atoms with E-state index in [1.54, 1.807) is 72.8 Å². The third kappa shape index (κ3) is 4.71. The first-order valence-corrected chi connectivity index (χ1v) is 12.2. The fraction of sp³-hybridized carbons (Fsp3) is 0.107. The number of hydrogen-bond donors (Lipinski definition) is 1. The lowest BCUT2D eigenvalue weighted by atomic mass is 9.97. The summed E-state index contributed by atoms with van der Waals surface area (Å²) in [5, 5.41) is 1.04. The molecule has 1 atom stereocenters. The lowest BCUT2D eigenvalue weighted by Crippen LogP contribution is -2.46. The van der Waals surface area contributed by atoms with Crippen LogP contribution in [0.25, 0.3) is 21.0 Å². The van der Waals surface area contributed by atoms with Crippen molar-refractivity contribution in [2.45, 2.75) is 18.8 Å². The van der Waals surface area contributed by atoms with Crippen molar-refractivity contribution in [3.8, 4) is 0 Å². The molecule has 1 aromatic heterocycles. The Morgan fingerprint density at radius 1 is 0.892 bits per heavy atom. The normalized spacial score (nSPS) is 12.5. The number of fused-ring (bicyclic) bond motifs is 2. The van der Waals surface area contributed by atoms with Gasteiger partial charge >= 0.3 is 12.1 Å². The molecule has 5 nitrogen and oxygen atoms in total. The molecule has 0 aliphatic heterocycles. The Hall–Kier alpha value is -4.08. The predicted octanol–water partition coefficient (Wildman–Crippen LogP) is 6.43. The molecule has 9 heteroatoms. The van der Waals surface area contributed by atoms with Gasteiger partial charge in [-0.15, -0.1) is 11.3 Å². The van der Waals surface area contributed by atoms with Gasteiger partial charge in [0.2, 0.25) is 5.78 Å². The smallest absolute Gasteiger partial charge is 0.326 e. The Kier molecular flexibility index (Phi) is 6.49. The number of aromatic nitrogens is 1. The summed E-state index contributed by atoms with van der Waals surface area (Å²) in [4.78, 5) is 32.0. The van der Waals surface area contributed by atoms with Crippen molar-refractivity contribution in [1.29, 1.82) is 0 Å². The van der Waals surface area contributed by atoms with Gasteiger partial charge in [0.15, 0.2) is 5.01 Å². The second-order valence-corrected chi connectivity index (χ2v) is 9.40. The molecule has 37 heavy (non-hydrogen) atoms. The molecule has 0 radical (unpaired) electrons. The molecule has 0 aliphatic rings. The minimum Gasteiger partial charge on any atom is -0.326 e. The lowest BCUT2D eigenvalue weighted by molar-refractivity contribution is -0.170. The predicted molar refractivity (Wildman–Crippen MR) is 139 cm³/mol. The van der Waals surface area contributed by atoms with Crippen molar-refractivity contribution < 1.29 is 22.8 Å². The maximum absolute atomic E-state index is 14.1. The van der Waals surface area contributed by atoms with Gasteiger partial charge in [-0.1, -0.05) is 72.8 Å². The lowest BCUT2D eigenvalue weighted by Gasteiger charge is -2.32. The van der Waals surface area contributed by atoms with Gasteiger partial charge in [-0.2, -0.15) is 13.2 Å². The first kappa shape index (κ1) is 24.6. The molecule has 0 aliphatic carbocycles. The van der Waals surface area contributed by atoms with Crippen molar-refractivity contribution in [2.75, 3.05) is 4.90 Å². The Balaban J connectivity index is 1.76. The number of amides is 1. The number of Topliss-reactive ketones (excluding diaryl/α,β-unsaturated/α-hetero) is 1. The van der Waals surface area contributed by atoms with Crippen molar-refractivity contribution >= 4 is 49.7 Å². The van der Waals surface area contributed by atoms with Crippen LogP contribution in [0.2, 0.25) is 0 Å². The number of carbonyl (C=O) groups is 2. The van der Waals surface area contributed by atoms with Crippen molar-refractivity contribution in [1.82, 2.24) is 4.98 Å². The van der Waals surface area contributed by atoms with E-state index in [2.05, 4.69) is 4.98 Å². The van der Waals surface area contributed by atoms with Crippen LogP contribution in [-0.4, -0.2) is 22.9 Å². The number of thiazole rings is 1. The van der Waals surface area contributed by atoms with E-state index in [0.717, 1.165) is 16.9 Å². The highest BCUT2D eigenvalue weighted by Gasteiger charge is 2.48. The molecule has 5 aromatic rings. The van der Waals surface area contributed by atoms with Crippen LogP contribution in [0.5, 0.6) is 0 Å². The number of anilines is 1. The molecule has 0 saturated carbocycles. The van der Waals surface area contributed by atoms with Crippen LogP contribution in [-0.2, 0) is 11.3 Å². The van der Waals surface area contributed by atoms with Crippen LogP contribution in [0, 0.1) is 0 Å². The Bertz CT molecular complexity index is 1570. The maximum Gasteiger partial charge on any atom is 0.471 e. The fourth-order valence-corrected chi connectivity index (χ4v) is 5.20. The Morgan fingerprint density at radius 3 is 2.27 bits per heavy atom. The van der Waals surface area contributed by atoms with E-state index in [1.807, 2.05) is 0 Å². The van der Waals surface area contributed by atoms with Crippen molar-refractivity contribution in [3.05, 3.63) is 107 Å². The average molecular weight is 520 g/mol. The van der Waals surface area contributed by atoms with E-state index >= 15 is 0 Å². The number of benzene rings is 4. The number of para-hydroxylation sites is 1. The van der Waals surface area contributed by atoms with Gasteiger partial charge in [0.25, 0.3) is 0 Å². The molecule has 2 N–H and O–H groups in total. The van der Waals surface area contributed by atoms with Crippen LogP contribution in [0.4, 0.5) is 18.9 Å². The topological polar surface area (TPSA) is 76.3 Å². The average Bonchev–Trinajstić information content (AvgIpc) is 3.35. The van der Waals surface area contributed by atoms with Crippen LogP contribution >= 0.6 is 11.3 Å². The van der Waals surface area contributed by atoms with Crippen molar-refractivity contribution in [2.24, 2.45) is 5.73 Å². The monoisotopic (exact) mass is 519 g/mol. The summed E-state index contributed by atoms with van der Waals surface area (Å²) >= 11 is 1.07. The largest absolute Gasteiger partial charge is 0.471 e. The summed E-state index contributed by atoms with van der Waals surface area (Å²) in [6.45, 7) is 0.214. The highest BCUT2D eigenvalue weighted by molar-refractivity contribution is 7.20. The third-order valence-electron chi connectivity index (χ3n) is 6.03. The molecule has 1 heterocycles. The highest BCUT2D eigenvalue weighted by atomic mass is 32.1. The minimum atomic E-state index is -5.24. The number of nitrogens with zero attached hydrogens (tertiary/aromatic N) is 2. The van der Waals surface area contributed by atoms with E-state index in [0.29, 0.717) is 25.9 Å². The number of halogens is 3. The summed E-state index contributed by atoms with van der Waals surface area (Å²) in [6, 6.07) is 23.2. The standard InChI is InChI=1S/C28H20F3N3O2S/c29-28(30,31)27(36)34(22-10-5-7-18-6-1-2-8-20(18)22)24(19-14-12-17(16-32)13-15-19)25(35)26-33-21-9-3-4-11-23(21)37-26/h1-15,24H,16,32H2. The SMILES string of the molecule is NCc1ccc(C(C(=O)c2nc3ccccc3s2)N(C(=O)C(F)(F)F)c2cccc3ccccc23)cc1. The van der Waals surface area contributed by atoms with Crippen LogP contribution < -0.4 is 10.6 Å². The summed E-state index contributed by atoms with van der Waals surface area (Å²) in [6.07, 6.45) is -5.24. The van der Waals surface area contributed by atoms with Gasteiger partial charge in [0.05, 0.1) is 15.9 Å². The molecule has 1 unspecified atom stereocenters. The van der Waals surface area contributed by atoms with E-state index in [1.165, 1.54) is 18.2 Å². The highest BCUT2D eigenvalue weighted by Crippen LogP contribution is 2.39. The summed E-state index contributed by atoms with van der Waals surface area (Å²) < 4.78 is 43.0. The first-order chi connectivity index (χ1) is 17.8.